The van der Waals surface area contributed by atoms with Crippen molar-refractivity contribution in [3.05, 3.63) is 69.8 Å². The minimum absolute atomic E-state index is 0.0647. The average Bonchev–Trinajstić information content (AvgIpc) is 2.47. The summed E-state index contributed by atoms with van der Waals surface area (Å²) in [5.41, 5.74) is 0.186. The zero-order valence-corrected chi connectivity index (χ0v) is 11.3. The minimum Gasteiger partial charge on any atom is -0.322 e. The molecule has 0 saturated carbocycles. The van der Waals surface area contributed by atoms with Gasteiger partial charge in [0.05, 0.1) is 4.92 Å². The fourth-order valence-electron chi connectivity index (χ4n) is 1.74. The number of nitro groups is 1. The molecule has 0 aliphatic rings. The van der Waals surface area contributed by atoms with Crippen molar-refractivity contribution in [2.24, 2.45) is 0 Å². The molecule has 1 N–H and O–H groups in total. The van der Waals surface area contributed by atoms with Gasteiger partial charge in [-0.1, -0.05) is 18.2 Å². The Labute approximate surface area is 124 Å². The number of halogens is 1. The van der Waals surface area contributed by atoms with E-state index < -0.39 is 16.1 Å². The number of nitrogens with one attached hydrogen (secondary N) is 1. The summed E-state index contributed by atoms with van der Waals surface area (Å²) in [7, 11) is 0. The van der Waals surface area contributed by atoms with Gasteiger partial charge < -0.3 is 5.32 Å². The first kappa shape index (κ1) is 14.7. The van der Waals surface area contributed by atoms with Gasteiger partial charge in [-0.05, 0) is 35.9 Å². The van der Waals surface area contributed by atoms with Gasteiger partial charge in [0.25, 0.3) is 16.8 Å². The Bertz CT molecular complexity index is 730. The maximum absolute atomic E-state index is 12.1. The summed E-state index contributed by atoms with van der Waals surface area (Å²) < 4.78 is 0. The smallest absolute Gasteiger partial charge is 0.282 e. The monoisotopic (exact) mass is 304 g/mol. The van der Waals surface area contributed by atoms with E-state index in [4.69, 9.17) is 11.6 Å². The molecule has 0 aliphatic carbocycles. The highest BCUT2D eigenvalue weighted by Gasteiger charge is 2.19. The van der Waals surface area contributed by atoms with Crippen LogP contribution in [-0.2, 0) is 0 Å². The lowest BCUT2D eigenvalue weighted by Crippen LogP contribution is -2.14. The van der Waals surface area contributed by atoms with Gasteiger partial charge in [0, 0.05) is 17.3 Å². The predicted molar refractivity (Wildman–Crippen MR) is 77.7 cm³/mol. The molecule has 106 valence electrons. The van der Waals surface area contributed by atoms with Crippen molar-refractivity contribution in [1.29, 1.82) is 0 Å². The Balaban J connectivity index is 2.28. The van der Waals surface area contributed by atoms with E-state index in [2.05, 4.69) is 5.32 Å². The molecule has 0 atom stereocenters. The lowest BCUT2D eigenvalue weighted by molar-refractivity contribution is -0.385. The number of benzene rings is 2. The normalized spacial score (nSPS) is 9.95. The number of hydrogen-bond donors (Lipinski definition) is 1. The van der Waals surface area contributed by atoms with Gasteiger partial charge in [-0.25, -0.2) is 0 Å². The number of nitrogens with zero attached hydrogens (tertiary/aromatic N) is 1. The second kappa shape index (κ2) is 6.15. The quantitative estimate of drug-likeness (QED) is 0.533. The highest BCUT2D eigenvalue weighted by atomic mass is 35.5. The van der Waals surface area contributed by atoms with Gasteiger partial charge >= 0.3 is 0 Å². The maximum Gasteiger partial charge on any atom is 0.282 e. The Kier molecular flexibility index (Phi) is 4.30. The number of carbonyl (C=O) groups excluding carboxylic acids is 2. The van der Waals surface area contributed by atoms with Crippen LogP contribution in [0.1, 0.15) is 20.7 Å². The molecule has 6 nitrogen and oxygen atoms in total. The van der Waals surface area contributed by atoms with Crippen LogP contribution in [0.2, 0.25) is 0 Å². The molecule has 0 aromatic heterocycles. The van der Waals surface area contributed by atoms with E-state index in [1.54, 1.807) is 12.1 Å². The van der Waals surface area contributed by atoms with Gasteiger partial charge in [0.1, 0.15) is 5.56 Å². The van der Waals surface area contributed by atoms with Gasteiger partial charge in [-0.2, -0.15) is 0 Å². The van der Waals surface area contributed by atoms with Crippen LogP contribution in [0.4, 0.5) is 11.4 Å². The molecule has 0 heterocycles. The molecule has 0 bridgehead atoms. The lowest BCUT2D eigenvalue weighted by atomic mass is 10.1. The van der Waals surface area contributed by atoms with E-state index in [9.17, 15) is 19.7 Å². The van der Waals surface area contributed by atoms with Crippen molar-refractivity contribution in [1.82, 2.24) is 0 Å². The predicted octanol–water partition coefficient (Wildman–Crippen LogP) is 3.23. The molecule has 0 unspecified atom stereocenters. The first-order chi connectivity index (χ1) is 9.99. The number of amides is 1. The Hall–Kier alpha value is -2.73. The molecule has 0 saturated heterocycles. The zero-order valence-electron chi connectivity index (χ0n) is 10.6. The van der Waals surface area contributed by atoms with Gasteiger partial charge in [-0.15, -0.1) is 0 Å². The third kappa shape index (κ3) is 3.43. The molecular formula is C14H9ClN2O4. The topological polar surface area (TPSA) is 89.3 Å². The van der Waals surface area contributed by atoms with Crippen LogP contribution in [0.3, 0.4) is 0 Å². The SMILES string of the molecule is O=C(Cl)c1cccc(NC(=O)c2ccccc2[N+](=O)[O-])c1. The summed E-state index contributed by atoms with van der Waals surface area (Å²) in [5.74, 6) is -0.638. The van der Waals surface area contributed by atoms with E-state index in [0.717, 1.165) is 0 Å². The molecule has 0 radical (unpaired) electrons. The summed E-state index contributed by atoms with van der Waals surface area (Å²) >= 11 is 5.35. The fourth-order valence-corrected chi connectivity index (χ4v) is 1.86. The lowest BCUT2D eigenvalue weighted by Gasteiger charge is -2.06. The largest absolute Gasteiger partial charge is 0.322 e. The van der Waals surface area contributed by atoms with E-state index >= 15 is 0 Å². The zero-order chi connectivity index (χ0) is 15.4. The molecule has 2 aromatic rings. The summed E-state index contributed by atoms with van der Waals surface area (Å²) in [5, 5.41) is 12.7. The van der Waals surface area contributed by atoms with E-state index in [1.807, 2.05) is 0 Å². The summed E-state index contributed by atoms with van der Waals surface area (Å²) in [6, 6.07) is 11.6. The number of para-hydroxylation sites is 1. The standard InChI is InChI=1S/C14H9ClN2O4/c15-13(18)9-4-3-5-10(8-9)16-14(19)11-6-1-2-7-12(11)17(20)21/h1-8H,(H,16,19). The number of carbonyl (C=O) groups is 2. The first-order valence-corrected chi connectivity index (χ1v) is 6.21. The van der Waals surface area contributed by atoms with Crippen molar-refractivity contribution >= 4 is 34.1 Å². The number of hydrogen-bond acceptors (Lipinski definition) is 4. The molecule has 2 rings (SSSR count). The maximum atomic E-state index is 12.1. The van der Waals surface area contributed by atoms with Crippen molar-refractivity contribution in [3.63, 3.8) is 0 Å². The second-order valence-corrected chi connectivity index (χ2v) is 4.43. The highest BCUT2D eigenvalue weighted by Crippen LogP contribution is 2.20. The van der Waals surface area contributed by atoms with Crippen LogP contribution in [0, 0.1) is 10.1 Å². The molecule has 7 heteroatoms. The Morgan fingerprint density at radius 3 is 2.48 bits per heavy atom. The number of rotatable bonds is 4. The summed E-state index contributed by atoms with van der Waals surface area (Å²) in [6.07, 6.45) is 0. The Morgan fingerprint density at radius 1 is 1.10 bits per heavy atom. The van der Waals surface area contributed by atoms with Gasteiger partial charge in [-0.3, -0.25) is 19.7 Å². The molecule has 21 heavy (non-hydrogen) atoms. The molecule has 0 spiro atoms. The highest BCUT2D eigenvalue weighted by molar-refractivity contribution is 6.67. The van der Waals surface area contributed by atoms with Crippen LogP contribution in [-0.4, -0.2) is 16.1 Å². The van der Waals surface area contributed by atoms with Crippen LogP contribution in [0.25, 0.3) is 0 Å². The molecule has 2 aromatic carbocycles. The molecule has 0 aliphatic heterocycles. The number of anilines is 1. The molecule has 0 fully saturated rings. The molecule has 1 amide bonds. The summed E-state index contributed by atoms with van der Waals surface area (Å²) in [6.45, 7) is 0. The molecular weight excluding hydrogens is 296 g/mol. The second-order valence-electron chi connectivity index (χ2n) is 4.08. The summed E-state index contributed by atoms with van der Waals surface area (Å²) in [4.78, 5) is 33.4. The third-order valence-electron chi connectivity index (χ3n) is 2.69. The fraction of sp³-hybridized carbons (Fsp3) is 0. The van der Waals surface area contributed by atoms with Crippen LogP contribution in [0.15, 0.2) is 48.5 Å². The third-order valence-corrected chi connectivity index (χ3v) is 2.91. The van der Waals surface area contributed by atoms with Crippen molar-refractivity contribution in [2.45, 2.75) is 0 Å². The van der Waals surface area contributed by atoms with Crippen LogP contribution < -0.4 is 5.32 Å². The van der Waals surface area contributed by atoms with Crippen molar-refractivity contribution in [3.8, 4) is 0 Å². The van der Waals surface area contributed by atoms with Gasteiger partial charge in [0.2, 0.25) is 0 Å². The number of nitro benzene ring substituents is 1. The minimum atomic E-state index is -0.656. The first-order valence-electron chi connectivity index (χ1n) is 5.83. The van der Waals surface area contributed by atoms with E-state index in [1.165, 1.54) is 36.4 Å². The van der Waals surface area contributed by atoms with Crippen LogP contribution in [0.5, 0.6) is 0 Å². The van der Waals surface area contributed by atoms with Crippen molar-refractivity contribution < 1.29 is 14.5 Å². The average molecular weight is 305 g/mol. The van der Waals surface area contributed by atoms with E-state index in [0.29, 0.717) is 5.69 Å². The van der Waals surface area contributed by atoms with E-state index in [-0.39, 0.29) is 16.8 Å². The Morgan fingerprint density at radius 2 is 1.81 bits per heavy atom. The van der Waals surface area contributed by atoms with Crippen molar-refractivity contribution in [2.75, 3.05) is 5.32 Å². The van der Waals surface area contributed by atoms with Crippen LogP contribution >= 0.6 is 11.6 Å². The van der Waals surface area contributed by atoms with Gasteiger partial charge in [0.15, 0.2) is 0 Å².